The van der Waals surface area contributed by atoms with Gasteiger partial charge in [-0.3, -0.25) is 0 Å². The zero-order valence-corrected chi connectivity index (χ0v) is 5.93. The lowest BCUT2D eigenvalue weighted by Crippen LogP contribution is -2.00. The summed E-state index contributed by atoms with van der Waals surface area (Å²) < 4.78 is 0. The molecule has 1 unspecified atom stereocenters. The maximum absolute atomic E-state index is 8.80. The number of aliphatic hydroxyl groups is 1. The molecule has 0 fully saturated rings. The maximum Gasteiger partial charge on any atom is 0.0644 e. The molecule has 0 aromatic heterocycles. The van der Waals surface area contributed by atoms with Crippen molar-refractivity contribution < 1.29 is 5.11 Å². The molecule has 1 N–H and O–H groups in total. The van der Waals surface area contributed by atoms with Crippen LogP contribution in [0.1, 0.15) is 26.2 Å². The lowest BCUT2D eigenvalue weighted by molar-refractivity contribution is 0.314. The molecule has 0 saturated carbocycles. The van der Waals surface area contributed by atoms with E-state index in [1.165, 1.54) is 24.8 Å². The summed E-state index contributed by atoms with van der Waals surface area (Å²) in [5.74, 6) is 0.690. The van der Waals surface area contributed by atoms with E-state index in [1.54, 1.807) is 0 Å². The molecule has 1 aliphatic carbocycles. The quantitative estimate of drug-likeness (QED) is 0.558. The predicted molar refractivity (Wildman–Crippen MR) is 38.2 cm³/mol. The lowest BCUT2D eigenvalue weighted by atomic mass is 10.00. The van der Waals surface area contributed by atoms with Gasteiger partial charge in [0.15, 0.2) is 0 Å². The summed E-state index contributed by atoms with van der Waals surface area (Å²) >= 11 is 0. The third-order valence-corrected chi connectivity index (χ3v) is 2.12. The molecular weight excluding hydrogens is 112 g/mol. The highest BCUT2D eigenvalue weighted by molar-refractivity contribution is 5.12. The van der Waals surface area contributed by atoms with Crippen LogP contribution in [0.25, 0.3) is 0 Å². The summed E-state index contributed by atoms with van der Waals surface area (Å²) in [6.45, 7) is 2.46. The van der Waals surface area contributed by atoms with E-state index in [1.807, 2.05) is 0 Å². The molecule has 0 radical (unpaired) electrons. The molecule has 0 spiro atoms. The van der Waals surface area contributed by atoms with Crippen LogP contribution in [0.4, 0.5) is 0 Å². The molecule has 0 aromatic carbocycles. The highest BCUT2D eigenvalue weighted by Crippen LogP contribution is 2.27. The van der Waals surface area contributed by atoms with Crippen molar-refractivity contribution in [1.82, 2.24) is 0 Å². The van der Waals surface area contributed by atoms with Gasteiger partial charge in [-0.1, -0.05) is 13.0 Å². The molecule has 1 atom stereocenters. The summed E-state index contributed by atoms with van der Waals surface area (Å²) in [6, 6.07) is 0. The topological polar surface area (TPSA) is 20.2 Å². The fourth-order valence-electron chi connectivity index (χ4n) is 1.48. The first-order valence-corrected chi connectivity index (χ1v) is 3.68. The van der Waals surface area contributed by atoms with Crippen molar-refractivity contribution in [3.05, 3.63) is 11.6 Å². The van der Waals surface area contributed by atoms with Gasteiger partial charge in [-0.05, 0) is 30.8 Å². The minimum Gasteiger partial charge on any atom is -0.392 e. The Morgan fingerprint density at radius 1 is 1.78 bits per heavy atom. The first-order chi connectivity index (χ1) is 4.38. The van der Waals surface area contributed by atoms with E-state index in [-0.39, 0.29) is 6.61 Å². The van der Waals surface area contributed by atoms with Crippen molar-refractivity contribution in [2.45, 2.75) is 26.2 Å². The van der Waals surface area contributed by atoms with Crippen LogP contribution in [-0.4, -0.2) is 11.7 Å². The van der Waals surface area contributed by atoms with E-state index in [4.69, 9.17) is 5.11 Å². The molecule has 1 aliphatic rings. The number of rotatable bonds is 2. The van der Waals surface area contributed by atoms with Crippen LogP contribution >= 0.6 is 0 Å². The predicted octanol–water partition coefficient (Wildman–Crippen LogP) is 1.73. The fraction of sp³-hybridized carbons (Fsp3) is 0.750. The molecular formula is C8H14O. The van der Waals surface area contributed by atoms with Crippen molar-refractivity contribution in [3.8, 4) is 0 Å². The van der Waals surface area contributed by atoms with Crippen LogP contribution in [0.5, 0.6) is 0 Å². The van der Waals surface area contributed by atoms with Crippen LogP contribution in [0.15, 0.2) is 11.6 Å². The van der Waals surface area contributed by atoms with Gasteiger partial charge in [0.05, 0.1) is 6.61 Å². The molecule has 9 heavy (non-hydrogen) atoms. The van der Waals surface area contributed by atoms with E-state index in [2.05, 4.69) is 13.0 Å². The molecule has 0 heterocycles. The van der Waals surface area contributed by atoms with Gasteiger partial charge in [-0.25, -0.2) is 0 Å². The van der Waals surface area contributed by atoms with Crippen molar-refractivity contribution in [3.63, 3.8) is 0 Å². The molecule has 0 aromatic rings. The van der Waals surface area contributed by atoms with Crippen molar-refractivity contribution in [1.29, 1.82) is 0 Å². The average molecular weight is 126 g/mol. The number of hydrogen-bond donors (Lipinski definition) is 1. The van der Waals surface area contributed by atoms with Crippen LogP contribution in [0.2, 0.25) is 0 Å². The van der Waals surface area contributed by atoms with Gasteiger partial charge >= 0.3 is 0 Å². The van der Waals surface area contributed by atoms with Gasteiger partial charge < -0.3 is 5.11 Å². The Labute approximate surface area is 56.4 Å². The number of allylic oxidation sites excluding steroid dienone is 1. The lowest BCUT2D eigenvalue weighted by Gasteiger charge is -2.08. The summed E-state index contributed by atoms with van der Waals surface area (Å²) in [5.41, 5.74) is 1.26. The van der Waals surface area contributed by atoms with Gasteiger partial charge in [-0.2, -0.15) is 0 Å². The van der Waals surface area contributed by atoms with Gasteiger partial charge in [-0.15, -0.1) is 0 Å². The smallest absolute Gasteiger partial charge is 0.0644 e. The zero-order chi connectivity index (χ0) is 6.69. The summed E-state index contributed by atoms with van der Waals surface area (Å²) in [4.78, 5) is 0. The Kier molecular flexibility index (Phi) is 2.29. The highest BCUT2D eigenvalue weighted by atomic mass is 16.3. The van der Waals surface area contributed by atoms with Gasteiger partial charge in [0.2, 0.25) is 0 Å². The zero-order valence-electron chi connectivity index (χ0n) is 5.93. The molecule has 0 saturated heterocycles. The standard InChI is InChI=1S/C8H14O/c1-2-7-4-3-5-8(7)6-9/h5,7,9H,2-4,6H2,1H3. The molecule has 0 bridgehead atoms. The van der Waals surface area contributed by atoms with E-state index >= 15 is 0 Å². The summed E-state index contributed by atoms with van der Waals surface area (Å²) in [5, 5.41) is 8.80. The minimum absolute atomic E-state index is 0.276. The molecule has 0 aliphatic heterocycles. The number of hydrogen-bond acceptors (Lipinski definition) is 1. The molecule has 0 amide bonds. The molecule has 1 rings (SSSR count). The van der Waals surface area contributed by atoms with E-state index < -0.39 is 0 Å². The fourth-order valence-corrected chi connectivity index (χ4v) is 1.48. The van der Waals surface area contributed by atoms with E-state index in [0.29, 0.717) is 5.92 Å². The first kappa shape index (κ1) is 6.81. The Morgan fingerprint density at radius 3 is 3.00 bits per heavy atom. The third-order valence-electron chi connectivity index (χ3n) is 2.12. The number of aliphatic hydroxyl groups excluding tert-OH is 1. The summed E-state index contributed by atoms with van der Waals surface area (Å²) in [6.07, 6.45) is 5.79. The second-order valence-corrected chi connectivity index (χ2v) is 2.62. The van der Waals surface area contributed by atoms with E-state index in [9.17, 15) is 0 Å². The van der Waals surface area contributed by atoms with E-state index in [0.717, 1.165) is 0 Å². The molecule has 1 nitrogen and oxygen atoms in total. The Morgan fingerprint density at radius 2 is 2.56 bits per heavy atom. The van der Waals surface area contributed by atoms with Gasteiger partial charge in [0, 0.05) is 0 Å². The normalized spacial score (nSPS) is 26.4. The third kappa shape index (κ3) is 1.33. The van der Waals surface area contributed by atoms with Gasteiger partial charge in [0.1, 0.15) is 0 Å². The Balaban J connectivity index is 2.47. The Hall–Kier alpha value is -0.300. The second-order valence-electron chi connectivity index (χ2n) is 2.62. The van der Waals surface area contributed by atoms with Crippen LogP contribution < -0.4 is 0 Å². The second kappa shape index (κ2) is 3.02. The maximum atomic E-state index is 8.80. The van der Waals surface area contributed by atoms with Gasteiger partial charge in [0.25, 0.3) is 0 Å². The monoisotopic (exact) mass is 126 g/mol. The molecule has 52 valence electrons. The largest absolute Gasteiger partial charge is 0.392 e. The average Bonchev–Trinajstić information content (AvgIpc) is 2.33. The summed E-state index contributed by atoms with van der Waals surface area (Å²) in [7, 11) is 0. The van der Waals surface area contributed by atoms with Crippen molar-refractivity contribution >= 4 is 0 Å². The van der Waals surface area contributed by atoms with Crippen LogP contribution in [-0.2, 0) is 0 Å². The molecule has 1 heteroatoms. The minimum atomic E-state index is 0.276. The van der Waals surface area contributed by atoms with Crippen LogP contribution in [0, 0.1) is 5.92 Å². The SMILES string of the molecule is CCC1CCC=C1CO. The Bertz CT molecular complexity index is 116. The van der Waals surface area contributed by atoms with Crippen molar-refractivity contribution in [2.24, 2.45) is 5.92 Å². The van der Waals surface area contributed by atoms with Crippen molar-refractivity contribution in [2.75, 3.05) is 6.61 Å². The first-order valence-electron chi connectivity index (χ1n) is 3.68. The van der Waals surface area contributed by atoms with Crippen LogP contribution in [0.3, 0.4) is 0 Å². The highest BCUT2D eigenvalue weighted by Gasteiger charge is 2.15.